The fraction of sp³-hybridized carbons (Fsp3) is 0.385. The number of methoxy groups -OCH3 is 1. The van der Waals surface area contributed by atoms with Crippen molar-refractivity contribution in [3.8, 4) is 17.2 Å². The van der Waals surface area contributed by atoms with Gasteiger partial charge >= 0.3 is 0 Å². The predicted molar refractivity (Wildman–Crippen MR) is 72.1 cm³/mol. The molecule has 0 saturated heterocycles. The quantitative estimate of drug-likeness (QED) is 0.722. The molecule has 1 rings (SSSR count). The Balaban J connectivity index is 3.06. The standard InChI is InChI=1S/C13H18N2O4/c1-3-4-15-7-10-11(16)5-9(18-2)6-12(10)19-8-13(14)17/h5-7,16H,3-4,8H2,1-2H3,(H2,14,17). The molecule has 19 heavy (non-hydrogen) atoms. The summed E-state index contributed by atoms with van der Waals surface area (Å²) in [7, 11) is 1.47. The topological polar surface area (TPSA) is 94.1 Å². The summed E-state index contributed by atoms with van der Waals surface area (Å²) < 4.78 is 10.3. The molecule has 0 aliphatic rings. The van der Waals surface area contributed by atoms with Gasteiger partial charge in [0.05, 0.1) is 12.7 Å². The van der Waals surface area contributed by atoms with Crippen LogP contribution in [0.2, 0.25) is 0 Å². The lowest BCUT2D eigenvalue weighted by Crippen LogP contribution is -2.20. The third-order valence-corrected chi connectivity index (χ3v) is 2.27. The molecule has 0 fully saturated rings. The van der Waals surface area contributed by atoms with Crippen LogP contribution < -0.4 is 15.2 Å². The van der Waals surface area contributed by atoms with Crippen molar-refractivity contribution in [1.29, 1.82) is 0 Å². The van der Waals surface area contributed by atoms with E-state index in [4.69, 9.17) is 15.2 Å². The lowest BCUT2D eigenvalue weighted by atomic mass is 10.2. The minimum Gasteiger partial charge on any atom is -0.507 e. The number of aliphatic imine (C=N–C) groups is 1. The zero-order chi connectivity index (χ0) is 14.3. The van der Waals surface area contributed by atoms with Gasteiger partial charge in [-0.2, -0.15) is 0 Å². The van der Waals surface area contributed by atoms with Gasteiger partial charge in [0, 0.05) is 24.9 Å². The smallest absolute Gasteiger partial charge is 0.255 e. The summed E-state index contributed by atoms with van der Waals surface area (Å²) in [4.78, 5) is 14.9. The second-order valence-corrected chi connectivity index (χ2v) is 3.85. The molecule has 1 amide bonds. The van der Waals surface area contributed by atoms with Gasteiger partial charge in [-0.3, -0.25) is 9.79 Å². The van der Waals surface area contributed by atoms with Crippen LogP contribution in [0.5, 0.6) is 17.2 Å². The average molecular weight is 266 g/mol. The average Bonchev–Trinajstić information content (AvgIpc) is 2.38. The highest BCUT2D eigenvalue weighted by Crippen LogP contribution is 2.32. The molecule has 104 valence electrons. The van der Waals surface area contributed by atoms with Crippen LogP contribution in [-0.2, 0) is 4.79 Å². The van der Waals surface area contributed by atoms with E-state index in [0.29, 0.717) is 23.6 Å². The van der Waals surface area contributed by atoms with Crippen molar-refractivity contribution in [2.75, 3.05) is 20.3 Å². The molecule has 1 aromatic carbocycles. The fourth-order valence-corrected chi connectivity index (χ4v) is 1.39. The first-order valence-corrected chi connectivity index (χ1v) is 5.90. The predicted octanol–water partition coefficient (Wildman–Crippen LogP) is 1.09. The summed E-state index contributed by atoms with van der Waals surface area (Å²) >= 11 is 0. The molecule has 0 unspecified atom stereocenters. The second-order valence-electron chi connectivity index (χ2n) is 3.85. The minimum absolute atomic E-state index is 0.0290. The van der Waals surface area contributed by atoms with Crippen LogP contribution in [0.15, 0.2) is 17.1 Å². The van der Waals surface area contributed by atoms with E-state index in [1.54, 1.807) is 6.07 Å². The van der Waals surface area contributed by atoms with E-state index in [0.717, 1.165) is 6.42 Å². The maximum absolute atomic E-state index is 10.8. The molecule has 0 aliphatic heterocycles. The van der Waals surface area contributed by atoms with Crippen molar-refractivity contribution in [3.05, 3.63) is 17.7 Å². The fourth-order valence-electron chi connectivity index (χ4n) is 1.39. The number of benzene rings is 1. The molecule has 0 bridgehead atoms. The number of hydrogen-bond acceptors (Lipinski definition) is 5. The number of aromatic hydroxyl groups is 1. The van der Waals surface area contributed by atoms with Crippen molar-refractivity contribution in [2.45, 2.75) is 13.3 Å². The summed E-state index contributed by atoms with van der Waals surface area (Å²) in [6.07, 6.45) is 2.40. The van der Waals surface area contributed by atoms with E-state index in [2.05, 4.69) is 4.99 Å². The number of ether oxygens (including phenoxy) is 2. The Morgan fingerprint density at radius 3 is 2.84 bits per heavy atom. The number of primary amides is 1. The first-order chi connectivity index (χ1) is 9.08. The number of hydrogen-bond donors (Lipinski definition) is 2. The number of phenolic OH excluding ortho intramolecular Hbond substituents is 1. The number of nitrogens with two attached hydrogens (primary N) is 1. The molecule has 0 aliphatic carbocycles. The Labute approximate surface area is 111 Å². The van der Waals surface area contributed by atoms with Crippen molar-refractivity contribution >= 4 is 12.1 Å². The Kier molecular flexibility index (Phi) is 5.66. The number of nitrogens with zero attached hydrogens (tertiary/aromatic N) is 1. The maximum atomic E-state index is 10.8. The number of amides is 1. The molecule has 0 aromatic heterocycles. The monoisotopic (exact) mass is 266 g/mol. The minimum atomic E-state index is -0.598. The summed E-state index contributed by atoms with van der Waals surface area (Å²) in [5.74, 6) is 0.0949. The zero-order valence-electron chi connectivity index (χ0n) is 11.0. The molecule has 0 atom stereocenters. The number of phenols is 1. The molecular weight excluding hydrogens is 248 g/mol. The molecule has 6 heteroatoms. The number of carbonyl (C=O) groups is 1. The van der Waals surface area contributed by atoms with Gasteiger partial charge in [0.1, 0.15) is 17.2 Å². The molecule has 0 saturated carbocycles. The first-order valence-electron chi connectivity index (χ1n) is 5.90. The highest BCUT2D eigenvalue weighted by atomic mass is 16.5. The van der Waals surface area contributed by atoms with Crippen molar-refractivity contribution in [2.24, 2.45) is 10.7 Å². The summed E-state index contributed by atoms with van der Waals surface area (Å²) in [6, 6.07) is 3.01. The van der Waals surface area contributed by atoms with Gasteiger partial charge in [-0.25, -0.2) is 0 Å². The maximum Gasteiger partial charge on any atom is 0.255 e. The van der Waals surface area contributed by atoms with Gasteiger partial charge in [0.15, 0.2) is 6.61 Å². The molecular formula is C13H18N2O4. The lowest BCUT2D eigenvalue weighted by molar-refractivity contribution is -0.119. The van der Waals surface area contributed by atoms with Crippen molar-refractivity contribution < 1.29 is 19.4 Å². The van der Waals surface area contributed by atoms with Gasteiger partial charge in [-0.1, -0.05) is 6.92 Å². The van der Waals surface area contributed by atoms with Crippen molar-refractivity contribution in [3.63, 3.8) is 0 Å². The molecule has 0 heterocycles. The largest absolute Gasteiger partial charge is 0.507 e. The summed E-state index contributed by atoms with van der Waals surface area (Å²) in [5, 5.41) is 9.90. The van der Waals surface area contributed by atoms with E-state index in [1.807, 2.05) is 6.92 Å². The van der Waals surface area contributed by atoms with Crippen LogP contribution >= 0.6 is 0 Å². The molecule has 0 spiro atoms. The van der Waals surface area contributed by atoms with E-state index in [-0.39, 0.29) is 12.4 Å². The number of carbonyl (C=O) groups excluding carboxylic acids is 1. The second kappa shape index (κ2) is 7.25. The van der Waals surface area contributed by atoms with Crippen LogP contribution in [-0.4, -0.2) is 37.5 Å². The lowest BCUT2D eigenvalue weighted by Gasteiger charge is -2.11. The third kappa shape index (κ3) is 4.50. The van der Waals surface area contributed by atoms with E-state index in [9.17, 15) is 9.90 Å². The normalized spacial score (nSPS) is 10.6. The van der Waals surface area contributed by atoms with Gasteiger partial charge in [0.2, 0.25) is 0 Å². The van der Waals surface area contributed by atoms with Crippen LogP contribution in [0, 0.1) is 0 Å². The Bertz CT molecular complexity index is 472. The van der Waals surface area contributed by atoms with Crippen LogP contribution in [0.25, 0.3) is 0 Å². The van der Waals surface area contributed by atoms with Crippen molar-refractivity contribution in [1.82, 2.24) is 0 Å². The van der Waals surface area contributed by atoms with Gasteiger partial charge in [-0.15, -0.1) is 0 Å². The number of rotatable bonds is 7. The van der Waals surface area contributed by atoms with Gasteiger partial charge < -0.3 is 20.3 Å². The van der Waals surface area contributed by atoms with Gasteiger partial charge in [0.25, 0.3) is 5.91 Å². The zero-order valence-corrected chi connectivity index (χ0v) is 11.0. The van der Waals surface area contributed by atoms with E-state index >= 15 is 0 Å². The van der Waals surface area contributed by atoms with Crippen LogP contribution in [0.3, 0.4) is 0 Å². The van der Waals surface area contributed by atoms with E-state index in [1.165, 1.54) is 19.4 Å². The Hall–Kier alpha value is -2.24. The molecule has 3 N–H and O–H groups in total. The summed E-state index contributed by atoms with van der Waals surface area (Å²) in [5.41, 5.74) is 5.43. The summed E-state index contributed by atoms with van der Waals surface area (Å²) in [6.45, 7) is 2.36. The third-order valence-electron chi connectivity index (χ3n) is 2.27. The SMILES string of the molecule is CCCN=Cc1c(O)cc(OC)cc1OCC(N)=O. The Morgan fingerprint density at radius 2 is 2.26 bits per heavy atom. The first kappa shape index (κ1) is 14.8. The Morgan fingerprint density at radius 1 is 1.53 bits per heavy atom. The molecule has 1 aromatic rings. The highest BCUT2D eigenvalue weighted by Gasteiger charge is 2.11. The highest BCUT2D eigenvalue weighted by molar-refractivity contribution is 5.88. The molecule has 6 nitrogen and oxygen atoms in total. The van der Waals surface area contributed by atoms with Gasteiger partial charge in [-0.05, 0) is 6.42 Å². The molecule has 0 radical (unpaired) electrons. The van der Waals surface area contributed by atoms with Crippen LogP contribution in [0.4, 0.5) is 0 Å². The van der Waals surface area contributed by atoms with E-state index < -0.39 is 5.91 Å². The van der Waals surface area contributed by atoms with Crippen LogP contribution in [0.1, 0.15) is 18.9 Å².